The molecule has 0 saturated heterocycles. The molecule has 7 nitrogen and oxygen atoms in total. The van der Waals surface area contributed by atoms with Gasteiger partial charge in [-0.05, 0) is 43.0 Å². The lowest BCUT2D eigenvalue weighted by atomic mass is 10.1. The van der Waals surface area contributed by atoms with Crippen molar-refractivity contribution >= 4 is 56.5 Å². The molecule has 1 aliphatic rings. The molecule has 32 heavy (non-hydrogen) atoms. The van der Waals surface area contributed by atoms with Gasteiger partial charge in [-0.25, -0.2) is 8.42 Å². The number of rotatable bonds is 8. The quantitative estimate of drug-likeness (QED) is 0.222. The van der Waals surface area contributed by atoms with Crippen LogP contribution in [0.25, 0.3) is 10.9 Å². The fourth-order valence-corrected chi connectivity index (χ4v) is 5.37. The fourth-order valence-electron chi connectivity index (χ4n) is 3.98. The highest BCUT2D eigenvalue weighted by Gasteiger charge is 2.28. The number of aromatic amines is 1. The Morgan fingerprint density at radius 2 is 1.91 bits per heavy atom. The molecule has 3 N–H and O–H groups in total. The molecule has 2 aromatic carbocycles. The van der Waals surface area contributed by atoms with Gasteiger partial charge in [-0.3, -0.25) is 9.30 Å². The first-order chi connectivity index (χ1) is 15.1. The van der Waals surface area contributed by atoms with E-state index in [-0.39, 0.29) is 36.3 Å². The number of halogens is 1. The number of H-pyrrole nitrogens is 1. The molecule has 0 saturated carbocycles. The van der Waals surface area contributed by atoms with Gasteiger partial charge in [0.2, 0.25) is 10.0 Å². The van der Waals surface area contributed by atoms with Crippen LogP contribution in [0.4, 0.5) is 5.69 Å². The van der Waals surface area contributed by atoms with E-state index in [1.165, 1.54) is 15.3 Å². The van der Waals surface area contributed by atoms with E-state index >= 15 is 0 Å². The molecule has 4 rings (SSSR count). The van der Waals surface area contributed by atoms with Gasteiger partial charge in [-0.1, -0.05) is 36.4 Å². The summed E-state index contributed by atoms with van der Waals surface area (Å²) in [7, 11) is -3.40. The Morgan fingerprint density at radius 3 is 2.75 bits per heavy atom. The van der Waals surface area contributed by atoms with Gasteiger partial charge in [-0.2, -0.15) is 0 Å². The van der Waals surface area contributed by atoms with Crippen molar-refractivity contribution in [2.45, 2.75) is 19.8 Å². The van der Waals surface area contributed by atoms with Crippen molar-refractivity contribution in [2.75, 3.05) is 36.2 Å². The molecule has 0 unspecified atom stereocenters. The van der Waals surface area contributed by atoms with Crippen LogP contribution in [0.2, 0.25) is 0 Å². The average molecular weight is 567 g/mol. The summed E-state index contributed by atoms with van der Waals surface area (Å²) >= 11 is 0. The Labute approximate surface area is 206 Å². The van der Waals surface area contributed by atoms with Crippen molar-refractivity contribution in [2.24, 2.45) is 4.99 Å². The van der Waals surface area contributed by atoms with E-state index < -0.39 is 10.0 Å². The van der Waals surface area contributed by atoms with E-state index in [1.807, 2.05) is 49.5 Å². The number of anilines is 1. The summed E-state index contributed by atoms with van der Waals surface area (Å²) in [5.41, 5.74) is 4.26. The van der Waals surface area contributed by atoms with Gasteiger partial charge in [0.1, 0.15) is 0 Å². The molecule has 172 valence electrons. The second-order valence-electron chi connectivity index (χ2n) is 7.56. The van der Waals surface area contributed by atoms with Crippen LogP contribution in [-0.4, -0.2) is 51.3 Å². The Morgan fingerprint density at radius 1 is 1.12 bits per heavy atom. The predicted molar refractivity (Wildman–Crippen MR) is 143 cm³/mol. The zero-order valence-electron chi connectivity index (χ0n) is 18.2. The number of para-hydroxylation sites is 2. The molecular formula is C23H30IN5O2S. The summed E-state index contributed by atoms with van der Waals surface area (Å²) in [6, 6.07) is 15.9. The molecule has 0 spiro atoms. The number of benzene rings is 2. The largest absolute Gasteiger partial charge is 0.361 e. The highest BCUT2D eigenvalue weighted by atomic mass is 127. The molecule has 3 aromatic rings. The van der Waals surface area contributed by atoms with Crippen molar-refractivity contribution in [1.82, 2.24) is 15.6 Å². The normalized spacial score (nSPS) is 13.7. The van der Waals surface area contributed by atoms with E-state index in [2.05, 4.69) is 32.7 Å². The number of nitrogens with one attached hydrogen (secondary N) is 3. The third-order valence-corrected chi connectivity index (χ3v) is 7.25. The van der Waals surface area contributed by atoms with Crippen LogP contribution in [0.15, 0.2) is 59.7 Å². The lowest BCUT2D eigenvalue weighted by Gasteiger charge is -2.19. The smallest absolute Gasteiger partial charge is 0.237 e. The fraction of sp³-hybridized carbons (Fsp3) is 0.348. The predicted octanol–water partition coefficient (Wildman–Crippen LogP) is 3.28. The molecule has 0 bridgehead atoms. The van der Waals surface area contributed by atoms with Crippen LogP contribution >= 0.6 is 24.0 Å². The minimum Gasteiger partial charge on any atom is -0.361 e. The van der Waals surface area contributed by atoms with Crippen molar-refractivity contribution < 1.29 is 8.42 Å². The summed E-state index contributed by atoms with van der Waals surface area (Å²) in [4.78, 5) is 7.78. The van der Waals surface area contributed by atoms with Gasteiger partial charge in [0.15, 0.2) is 5.96 Å². The van der Waals surface area contributed by atoms with Crippen LogP contribution in [0.1, 0.15) is 18.1 Å². The second kappa shape index (κ2) is 11.0. The van der Waals surface area contributed by atoms with Gasteiger partial charge >= 0.3 is 0 Å². The molecule has 0 amide bonds. The number of aromatic nitrogens is 1. The maximum Gasteiger partial charge on any atom is 0.237 e. The van der Waals surface area contributed by atoms with Crippen molar-refractivity contribution in [3.05, 3.63) is 65.9 Å². The van der Waals surface area contributed by atoms with E-state index in [4.69, 9.17) is 0 Å². The summed E-state index contributed by atoms with van der Waals surface area (Å²) in [5.74, 6) is 0.625. The van der Waals surface area contributed by atoms with Crippen LogP contribution in [0, 0.1) is 0 Å². The van der Waals surface area contributed by atoms with Crippen LogP contribution in [0.5, 0.6) is 0 Å². The number of hydrogen-bond donors (Lipinski definition) is 3. The number of hydrogen-bond acceptors (Lipinski definition) is 3. The van der Waals surface area contributed by atoms with Gasteiger partial charge < -0.3 is 15.6 Å². The molecule has 1 aromatic heterocycles. The Bertz CT molecular complexity index is 1180. The minimum atomic E-state index is -3.40. The van der Waals surface area contributed by atoms with Crippen LogP contribution in [-0.2, 0) is 22.9 Å². The maximum atomic E-state index is 12.8. The number of fused-ring (bicyclic) bond motifs is 2. The maximum absolute atomic E-state index is 12.8. The van der Waals surface area contributed by atoms with Crippen LogP contribution < -0.4 is 14.9 Å². The van der Waals surface area contributed by atoms with Crippen molar-refractivity contribution in [1.29, 1.82) is 0 Å². The number of sulfonamides is 1. The number of guanidine groups is 1. The molecule has 0 atom stereocenters. The van der Waals surface area contributed by atoms with E-state index in [0.717, 1.165) is 29.6 Å². The zero-order valence-corrected chi connectivity index (χ0v) is 21.3. The van der Waals surface area contributed by atoms with Crippen molar-refractivity contribution in [3.63, 3.8) is 0 Å². The third kappa shape index (κ3) is 5.55. The second-order valence-corrected chi connectivity index (χ2v) is 9.58. The summed E-state index contributed by atoms with van der Waals surface area (Å²) in [6.07, 6.45) is 3.64. The highest BCUT2D eigenvalue weighted by molar-refractivity contribution is 14.0. The van der Waals surface area contributed by atoms with Crippen molar-refractivity contribution in [3.8, 4) is 0 Å². The Hall–Kier alpha value is -2.27. The van der Waals surface area contributed by atoms with Crippen LogP contribution in [0.3, 0.4) is 0 Å². The summed E-state index contributed by atoms with van der Waals surface area (Å²) < 4.78 is 27.2. The molecule has 0 fully saturated rings. The molecule has 2 heterocycles. The Kier molecular flexibility index (Phi) is 8.41. The monoisotopic (exact) mass is 567 g/mol. The first-order valence-electron chi connectivity index (χ1n) is 10.7. The first-order valence-corrected chi connectivity index (χ1v) is 12.3. The van der Waals surface area contributed by atoms with Gasteiger partial charge in [0, 0.05) is 36.7 Å². The Balaban J connectivity index is 0.00000289. The summed E-state index contributed by atoms with van der Waals surface area (Å²) in [6.45, 7) is 4.14. The third-order valence-electron chi connectivity index (χ3n) is 5.51. The topological polar surface area (TPSA) is 89.6 Å². The molecule has 9 heteroatoms. The molecule has 1 aliphatic heterocycles. The lowest BCUT2D eigenvalue weighted by Crippen LogP contribution is -2.39. The average Bonchev–Trinajstić information content (AvgIpc) is 3.38. The molecule has 0 radical (unpaired) electrons. The van der Waals surface area contributed by atoms with E-state index in [9.17, 15) is 8.42 Å². The van der Waals surface area contributed by atoms with E-state index in [1.54, 1.807) is 0 Å². The zero-order chi connectivity index (χ0) is 21.7. The van der Waals surface area contributed by atoms with Gasteiger partial charge in [-0.15, -0.1) is 24.0 Å². The van der Waals surface area contributed by atoms with Gasteiger partial charge in [0.25, 0.3) is 0 Å². The number of aliphatic imine (C=N–C) groups is 1. The SMILES string of the molecule is CCNC(=NCCS(=O)(=O)N1CCc2ccccc21)NCCc1c[nH]c2ccccc12.I. The summed E-state index contributed by atoms with van der Waals surface area (Å²) in [5, 5.41) is 7.73. The highest BCUT2D eigenvalue weighted by Crippen LogP contribution is 2.29. The van der Waals surface area contributed by atoms with E-state index in [0.29, 0.717) is 25.6 Å². The molecule has 0 aliphatic carbocycles. The lowest BCUT2D eigenvalue weighted by molar-refractivity contribution is 0.592. The first kappa shape index (κ1) is 24.4. The minimum absolute atomic E-state index is 0. The molecular weight excluding hydrogens is 537 g/mol. The standard InChI is InChI=1S/C23H29N5O2S.HI/c1-2-24-23(25-13-11-19-17-27-21-9-5-4-8-20(19)21)26-14-16-31(29,30)28-15-12-18-7-3-6-10-22(18)28;/h3-10,17,27H,2,11-16H2,1H3,(H2,24,25,26);1H. The number of nitrogens with zero attached hydrogens (tertiary/aromatic N) is 2. The van der Waals surface area contributed by atoms with Gasteiger partial charge in [0.05, 0.1) is 18.0 Å².